The van der Waals surface area contributed by atoms with Gasteiger partial charge in [-0.15, -0.1) is 0 Å². The first kappa shape index (κ1) is 15.0. The maximum absolute atomic E-state index is 11.9. The molecule has 1 saturated heterocycles. The molecule has 1 rings (SSSR count). The normalized spacial score (nSPS) is 15.9. The third kappa shape index (κ3) is 5.04. The molecular formula is C13H25N3O2. The zero-order valence-electron chi connectivity index (χ0n) is 11.4. The molecule has 18 heavy (non-hydrogen) atoms. The van der Waals surface area contributed by atoms with Crippen molar-refractivity contribution in [2.45, 2.75) is 39.0 Å². The lowest BCUT2D eigenvalue weighted by Gasteiger charge is -2.34. The van der Waals surface area contributed by atoms with Crippen LogP contribution in [0.1, 0.15) is 39.0 Å². The van der Waals surface area contributed by atoms with E-state index in [1.165, 1.54) is 0 Å². The van der Waals surface area contributed by atoms with Crippen LogP contribution in [0.4, 0.5) is 0 Å². The Morgan fingerprint density at radius 1 is 0.944 bits per heavy atom. The van der Waals surface area contributed by atoms with Crippen LogP contribution in [0.25, 0.3) is 0 Å². The SMILES string of the molecule is CC(=O)N1CCN(C(=O)CCCCCCN)CC1. The number of hydrogen-bond donors (Lipinski definition) is 1. The predicted molar refractivity (Wildman–Crippen MR) is 71.0 cm³/mol. The van der Waals surface area contributed by atoms with Gasteiger partial charge in [-0.05, 0) is 19.4 Å². The van der Waals surface area contributed by atoms with E-state index in [1.54, 1.807) is 11.8 Å². The molecule has 0 aromatic carbocycles. The summed E-state index contributed by atoms with van der Waals surface area (Å²) in [7, 11) is 0. The lowest BCUT2D eigenvalue weighted by molar-refractivity contribution is -0.138. The molecule has 0 spiro atoms. The molecule has 0 aromatic heterocycles. The van der Waals surface area contributed by atoms with Crippen LogP contribution < -0.4 is 5.73 Å². The Bertz CT molecular complexity index is 273. The second kappa shape index (κ2) is 8.08. The first-order chi connectivity index (χ1) is 8.65. The van der Waals surface area contributed by atoms with Gasteiger partial charge in [-0.1, -0.05) is 12.8 Å². The summed E-state index contributed by atoms with van der Waals surface area (Å²) in [5.41, 5.74) is 5.42. The summed E-state index contributed by atoms with van der Waals surface area (Å²) in [6.45, 7) is 5.03. The van der Waals surface area contributed by atoms with Gasteiger partial charge in [0.1, 0.15) is 0 Å². The fourth-order valence-corrected chi connectivity index (χ4v) is 2.20. The van der Waals surface area contributed by atoms with Gasteiger partial charge in [-0.2, -0.15) is 0 Å². The highest BCUT2D eigenvalue weighted by atomic mass is 16.2. The summed E-state index contributed by atoms with van der Waals surface area (Å²) < 4.78 is 0. The maximum atomic E-state index is 11.9. The van der Waals surface area contributed by atoms with Crippen LogP contribution in [0.2, 0.25) is 0 Å². The Morgan fingerprint density at radius 3 is 2.06 bits per heavy atom. The number of piperazine rings is 1. The predicted octanol–water partition coefficient (Wildman–Crippen LogP) is 0.586. The average Bonchev–Trinajstić information content (AvgIpc) is 2.38. The van der Waals surface area contributed by atoms with Crippen molar-refractivity contribution in [1.82, 2.24) is 9.80 Å². The number of hydrogen-bond acceptors (Lipinski definition) is 3. The Hall–Kier alpha value is -1.10. The number of nitrogens with two attached hydrogens (primary N) is 1. The largest absolute Gasteiger partial charge is 0.339 e. The molecule has 1 aliphatic heterocycles. The van der Waals surface area contributed by atoms with E-state index in [2.05, 4.69) is 0 Å². The van der Waals surface area contributed by atoms with Crippen LogP contribution in [0.5, 0.6) is 0 Å². The highest BCUT2D eigenvalue weighted by molar-refractivity contribution is 5.77. The van der Waals surface area contributed by atoms with Gasteiger partial charge in [0.05, 0.1) is 0 Å². The minimum absolute atomic E-state index is 0.101. The van der Waals surface area contributed by atoms with Gasteiger partial charge < -0.3 is 15.5 Å². The Labute approximate surface area is 109 Å². The molecule has 1 fully saturated rings. The molecule has 0 aliphatic carbocycles. The van der Waals surface area contributed by atoms with Crippen LogP contribution in [0.3, 0.4) is 0 Å². The number of carbonyl (C=O) groups is 2. The number of unbranched alkanes of at least 4 members (excludes halogenated alkanes) is 3. The number of carbonyl (C=O) groups excluding carboxylic acids is 2. The molecule has 1 aliphatic rings. The summed E-state index contributed by atoms with van der Waals surface area (Å²) in [4.78, 5) is 26.7. The van der Waals surface area contributed by atoms with Crippen molar-refractivity contribution in [2.75, 3.05) is 32.7 Å². The first-order valence-corrected chi connectivity index (χ1v) is 6.88. The van der Waals surface area contributed by atoms with Crippen LogP contribution >= 0.6 is 0 Å². The van der Waals surface area contributed by atoms with Crippen LogP contribution in [0.15, 0.2) is 0 Å². The van der Waals surface area contributed by atoms with Crippen molar-refractivity contribution in [3.8, 4) is 0 Å². The molecule has 0 unspecified atom stereocenters. The van der Waals surface area contributed by atoms with E-state index in [4.69, 9.17) is 5.73 Å². The zero-order chi connectivity index (χ0) is 13.4. The summed E-state index contributed by atoms with van der Waals surface area (Å²) in [5, 5.41) is 0. The highest BCUT2D eigenvalue weighted by Crippen LogP contribution is 2.08. The minimum Gasteiger partial charge on any atom is -0.339 e. The molecule has 0 aromatic rings. The van der Waals surface area contributed by atoms with E-state index in [0.29, 0.717) is 32.6 Å². The Balaban J connectivity index is 2.14. The van der Waals surface area contributed by atoms with Gasteiger partial charge in [0.15, 0.2) is 0 Å². The van der Waals surface area contributed by atoms with Crippen LogP contribution in [-0.2, 0) is 9.59 Å². The molecule has 1 heterocycles. The molecular weight excluding hydrogens is 230 g/mol. The van der Waals surface area contributed by atoms with Crippen molar-refractivity contribution in [1.29, 1.82) is 0 Å². The summed E-state index contributed by atoms with van der Waals surface area (Å²) in [6.07, 6.45) is 4.82. The maximum Gasteiger partial charge on any atom is 0.222 e. The smallest absolute Gasteiger partial charge is 0.222 e. The van der Waals surface area contributed by atoms with Crippen molar-refractivity contribution in [2.24, 2.45) is 5.73 Å². The second-order valence-electron chi connectivity index (χ2n) is 4.84. The van der Waals surface area contributed by atoms with E-state index in [9.17, 15) is 9.59 Å². The van der Waals surface area contributed by atoms with E-state index in [-0.39, 0.29) is 11.8 Å². The summed E-state index contributed by atoms with van der Waals surface area (Å²) in [5.74, 6) is 0.329. The second-order valence-corrected chi connectivity index (χ2v) is 4.84. The number of amides is 2. The zero-order valence-corrected chi connectivity index (χ0v) is 11.4. The molecule has 2 amide bonds. The molecule has 0 saturated carbocycles. The van der Waals surface area contributed by atoms with Crippen molar-refractivity contribution in [3.05, 3.63) is 0 Å². The molecule has 104 valence electrons. The topological polar surface area (TPSA) is 66.6 Å². The molecule has 0 atom stereocenters. The van der Waals surface area contributed by atoms with E-state index >= 15 is 0 Å². The summed E-state index contributed by atoms with van der Waals surface area (Å²) >= 11 is 0. The third-order valence-electron chi connectivity index (χ3n) is 3.42. The van der Waals surface area contributed by atoms with Gasteiger partial charge in [-0.3, -0.25) is 9.59 Å². The third-order valence-corrected chi connectivity index (χ3v) is 3.42. The van der Waals surface area contributed by atoms with Gasteiger partial charge in [0, 0.05) is 39.5 Å². The fraction of sp³-hybridized carbons (Fsp3) is 0.846. The Morgan fingerprint density at radius 2 is 1.50 bits per heavy atom. The van der Waals surface area contributed by atoms with Crippen molar-refractivity contribution in [3.63, 3.8) is 0 Å². The molecule has 5 heteroatoms. The minimum atomic E-state index is 0.101. The van der Waals surface area contributed by atoms with E-state index in [0.717, 1.165) is 32.2 Å². The van der Waals surface area contributed by atoms with E-state index < -0.39 is 0 Å². The quantitative estimate of drug-likeness (QED) is 0.706. The average molecular weight is 255 g/mol. The van der Waals surface area contributed by atoms with Crippen molar-refractivity contribution >= 4 is 11.8 Å². The number of rotatable bonds is 6. The lowest BCUT2D eigenvalue weighted by atomic mass is 10.1. The van der Waals surface area contributed by atoms with Gasteiger partial charge in [-0.25, -0.2) is 0 Å². The van der Waals surface area contributed by atoms with Crippen LogP contribution in [0, 0.1) is 0 Å². The number of nitrogens with zero attached hydrogens (tertiary/aromatic N) is 2. The summed E-state index contributed by atoms with van der Waals surface area (Å²) in [6, 6.07) is 0. The first-order valence-electron chi connectivity index (χ1n) is 6.88. The Kier molecular flexibility index (Phi) is 6.72. The fourth-order valence-electron chi connectivity index (χ4n) is 2.20. The van der Waals surface area contributed by atoms with Crippen molar-refractivity contribution < 1.29 is 9.59 Å². The van der Waals surface area contributed by atoms with Gasteiger partial charge >= 0.3 is 0 Å². The standard InChI is InChI=1S/C13H25N3O2/c1-12(17)15-8-10-16(11-9-15)13(18)6-4-2-3-5-7-14/h2-11,14H2,1H3. The van der Waals surface area contributed by atoms with Gasteiger partial charge in [0.25, 0.3) is 0 Å². The molecule has 0 bridgehead atoms. The van der Waals surface area contributed by atoms with Gasteiger partial charge in [0.2, 0.25) is 11.8 Å². The monoisotopic (exact) mass is 255 g/mol. The molecule has 5 nitrogen and oxygen atoms in total. The highest BCUT2D eigenvalue weighted by Gasteiger charge is 2.21. The van der Waals surface area contributed by atoms with E-state index in [1.807, 2.05) is 4.90 Å². The van der Waals surface area contributed by atoms with Crippen LogP contribution in [-0.4, -0.2) is 54.3 Å². The lowest BCUT2D eigenvalue weighted by Crippen LogP contribution is -2.50. The molecule has 2 N–H and O–H groups in total. The molecule has 0 radical (unpaired) electrons.